The highest BCUT2D eigenvalue weighted by atomic mass is 28.3. The number of nitrogens with one attached hydrogen (secondary N) is 3. The molecule has 2 aromatic carbocycles. The van der Waals surface area contributed by atoms with Crippen LogP contribution in [0.5, 0.6) is 0 Å². The van der Waals surface area contributed by atoms with Crippen molar-refractivity contribution in [2.45, 2.75) is 85.0 Å². The molecule has 3 N–H and O–H groups in total. The molecular weight excluding hydrogens is 811 g/mol. The first-order valence-corrected chi connectivity index (χ1v) is 23.9. The average molecular weight is 863 g/mol. The zero-order valence-corrected chi connectivity index (χ0v) is 37.9. The van der Waals surface area contributed by atoms with Crippen LogP contribution in [0.25, 0.3) is 66.9 Å². The Hall–Kier alpha value is -6.40. The van der Waals surface area contributed by atoms with Gasteiger partial charge in [-0.15, -0.1) is 0 Å². The number of aromatic nitrogens is 10. The molecule has 0 atom stereocenters. The minimum absolute atomic E-state index is 0.229. The van der Waals surface area contributed by atoms with Gasteiger partial charge in [0.25, 0.3) is 11.8 Å². The molecule has 0 aliphatic carbocycles. The van der Waals surface area contributed by atoms with Crippen LogP contribution in [0.2, 0.25) is 25.7 Å². The fourth-order valence-electron chi connectivity index (χ4n) is 6.81. The first kappa shape index (κ1) is 43.7. The number of carbonyl (C=O) groups is 2. The summed E-state index contributed by atoms with van der Waals surface area (Å²) < 4.78 is 38.3. The van der Waals surface area contributed by atoms with Crippen molar-refractivity contribution in [3.63, 3.8) is 0 Å². The molecule has 0 aliphatic heterocycles. The SMILES string of the molecule is Cn1nc(-c2cnc3[nH]cc(C(=O)NC(C)(C)C)c3n2)c2ccc(F)cc21.Cn1nc(-c2cnc3c(n2)c(C(=O)NC(C)(C)C)cn3COCC[Si](C)(C)C)c2ccc(F)cc21. The number of benzene rings is 2. The molecule has 18 heteroatoms. The first-order valence-electron chi connectivity index (χ1n) is 20.2. The maximum Gasteiger partial charge on any atom is 0.255 e. The summed E-state index contributed by atoms with van der Waals surface area (Å²) in [5.41, 5.74) is 5.59. The zero-order chi connectivity index (χ0) is 44.9. The number of ether oxygens (including phenoxy) is 1. The first-order chi connectivity index (χ1) is 29.0. The Kier molecular flexibility index (Phi) is 11.6. The van der Waals surface area contributed by atoms with Gasteiger partial charge in [0, 0.05) is 63.0 Å². The Morgan fingerprint density at radius 3 is 1.81 bits per heavy atom. The van der Waals surface area contributed by atoms with Crippen molar-refractivity contribution in [2.75, 3.05) is 6.61 Å². The fraction of sp³-hybridized carbons (Fsp3) is 0.364. The van der Waals surface area contributed by atoms with Crippen molar-refractivity contribution in [3.05, 3.63) is 83.9 Å². The van der Waals surface area contributed by atoms with Crippen LogP contribution in [0, 0.1) is 11.6 Å². The largest absolute Gasteiger partial charge is 0.361 e. The molecule has 0 bridgehead atoms. The predicted molar refractivity (Wildman–Crippen MR) is 239 cm³/mol. The quantitative estimate of drug-likeness (QED) is 0.0956. The van der Waals surface area contributed by atoms with E-state index in [2.05, 4.69) is 60.4 Å². The maximum atomic E-state index is 13.8. The molecule has 0 saturated heterocycles. The predicted octanol–water partition coefficient (Wildman–Crippen LogP) is 8.14. The van der Waals surface area contributed by atoms with Crippen LogP contribution in [-0.4, -0.2) is 86.6 Å². The minimum Gasteiger partial charge on any atom is -0.361 e. The van der Waals surface area contributed by atoms with Crippen molar-refractivity contribution in [3.8, 4) is 22.8 Å². The Labute approximate surface area is 358 Å². The number of nitrogens with zero attached hydrogens (tertiary/aromatic N) is 9. The highest BCUT2D eigenvalue weighted by Gasteiger charge is 2.25. The van der Waals surface area contributed by atoms with Gasteiger partial charge >= 0.3 is 0 Å². The Morgan fingerprint density at radius 2 is 1.27 bits per heavy atom. The third-order valence-electron chi connectivity index (χ3n) is 9.75. The molecule has 15 nitrogen and oxygen atoms in total. The number of aromatic amines is 1. The van der Waals surface area contributed by atoms with Gasteiger partial charge in [-0.05, 0) is 84.0 Å². The van der Waals surface area contributed by atoms with E-state index in [1.54, 1.807) is 60.4 Å². The van der Waals surface area contributed by atoms with Crippen LogP contribution in [0.3, 0.4) is 0 Å². The van der Waals surface area contributed by atoms with Crippen molar-refractivity contribution in [1.82, 2.24) is 59.7 Å². The number of carbonyl (C=O) groups excluding carboxylic acids is 2. The second-order valence-corrected chi connectivity index (χ2v) is 24.2. The molecule has 0 radical (unpaired) electrons. The van der Waals surface area contributed by atoms with E-state index in [1.807, 2.05) is 46.1 Å². The van der Waals surface area contributed by atoms with Crippen molar-refractivity contribution >= 4 is 64.0 Å². The van der Waals surface area contributed by atoms with E-state index in [4.69, 9.17) is 9.72 Å². The summed E-state index contributed by atoms with van der Waals surface area (Å²) in [5, 5.41) is 16.5. The summed E-state index contributed by atoms with van der Waals surface area (Å²) in [4.78, 5) is 47.2. The Morgan fingerprint density at radius 1 is 0.758 bits per heavy atom. The van der Waals surface area contributed by atoms with Gasteiger partial charge in [-0.1, -0.05) is 19.6 Å². The minimum atomic E-state index is -1.22. The molecule has 0 saturated carbocycles. The normalized spacial score (nSPS) is 12.3. The second-order valence-electron chi connectivity index (χ2n) is 18.6. The van der Waals surface area contributed by atoms with Gasteiger partial charge < -0.3 is 24.9 Å². The summed E-state index contributed by atoms with van der Waals surface area (Å²) in [6.45, 7) is 19.4. The van der Waals surface area contributed by atoms with E-state index in [1.165, 1.54) is 24.3 Å². The zero-order valence-electron chi connectivity index (χ0n) is 36.9. The Bertz CT molecular complexity index is 2980. The van der Waals surface area contributed by atoms with Crippen LogP contribution < -0.4 is 10.6 Å². The van der Waals surface area contributed by atoms with Crippen LogP contribution in [-0.2, 0) is 25.6 Å². The number of aryl methyl sites for hydroxylation is 2. The maximum absolute atomic E-state index is 13.8. The summed E-state index contributed by atoms with van der Waals surface area (Å²) in [7, 11) is 2.29. The van der Waals surface area contributed by atoms with Gasteiger partial charge in [0.05, 0.1) is 34.6 Å². The molecule has 0 spiro atoms. The number of amides is 2. The van der Waals surface area contributed by atoms with E-state index >= 15 is 0 Å². The molecule has 0 aliphatic rings. The highest BCUT2D eigenvalue weighted by Crippen LogP contribution is 2.30. The third kappa shape index (κ3) is 9.55. The second kappa shape index (κ2) is 16.5. The lowest BCUT2D eigenvalue weighted by Crippen LogP contribution is -2.40. The third-order valence-corrected chi connectivity index (χ3v) is 11.5. The van der Waals surface area contributed by atoms with Crippen LogP contribution in [0.4, 0.5) is 8.78 Å². The molecule has 6 aromatic heterocycles. The highest BCUT2D eigenvalue weighted by molar-refractivity contribution is 6.76. The van der Waals surface area contributed by atoms with E-state index in [0.717, 1.165) is 16.8 Å². The molecule has 8 aromatic rings. The molecule has 0 unspecified atom stereocenters. The molecule has 324 valence electrons. The standard InChI is InChI=1S/C25H33FN6O2Si.C19H19FN6O/c1-25(2,3)29-24(33)18-14-32(15-34-10-11-35(5,6)7)23-22(18)28-19(13-27-23)21-17-9-8-16(26)12-20(17)31(4)30-21;1-19(2,3)24-18(27)12-8-21-17-16(12)23-13(9-22-17)15-11-6-5-10(20)7-14(11)26(4)25-15/h8-9,12-14H,10-11,15H2,1-7H3,(H,29,33);5-9H,1-4H3,(H,21,22)(H,24,27). The smallest absolute Gasteiger partial charge is 0.255 e. The van der Waals surface area contributed by atoms with Gasteiger partial charge in [-0.2, -0.15) is 10.2 Å². The van der Waals surface area contributed by atoms with E-state index in [9.17, 15) is 18.4 Å². The summed E-state index contributed by atoms with van der Waals surface area (Å²) in [5.74, 6) is -1.12. The van der Waals surface area contributed by atoms with E-state index in [-0.39, 0.29) is 35.7 Å². The number of hydrogen-bond acceptors (Lipinski definition) is 9. The van der Waals surface area contributed by atoms with Gasteiger partial charge in [-0.3, -0.25) is 19.0 Å². The van der Waals surface area contributed by atoms with E-state index < -0.39 is 13.6 Å². The van der Waals surface area contributed by atoms with Crippen molar-refractivity contribution in [1.29, 1.82) is 0 Å². The lowest BCUT2D eigenvalue weighted by atomic mass is 10.1. The number of halogens is 2. The Balaban J connectivity index is 0.000000192. The monoisotopic (exact) mass is 862 g/mol. The number of H-pyrrole nitrogens is 1. The summed E-state index contributed by atoms with van der Waals surface area (Å²) in [6, 6.07) is 10.1. The topological polar surface area (TPSA) is 175 Å². The fourth-order valence-corrected chi connectivity index (χ4v) is 7.56. The average Bonchev–Trinajstić information content (AvgIpc) is 3.93. The molecule has 6 heterocycles. The van der Waals surface area contributed by atoms with E-state index in [0.29, 0.717) is 73.9 Å². The van der Waals surface area contributed by atoms with Crippen molar-refractivity contribution in [2.24, 2.45) is 14.1 Å². The molecular formula is C44H52F2N12O3Si. The summed E-state index contributed by atoms with van der Waals surface area (Å²) >= 11 is 0. The van der Waals surface area contributed by atoms with Gasteiger partial charge in [0.1, 0.15) is 52.2 Å². The molecule has 8 rings (SSSR count). The van der Waals surface area contributed by atoms with Gasteiger partial charge in [0.2, 0.25) is 0 Å². The number of rotatable bonds is 9. The lowest BCUT2D eigenvalue weighted by molar-refractivity contribution is 0.0884. The van der Waals surface area contributed by atoms with Crippen LogP contribution in [0.1, 0.15) is 62.3 Å². The lowest BCUT2D eigenvalue weighted by Gasteiger charge is -2.20. The summed E-state index contributed by atoms with van der Waals surface area (Å²) in [6.07, 6.45) is 6.57. The van der Waals surface area contributed by atoms with Crippen LogP contribution in [0.15, 0.2) is 61.2 Å². The van der Waals surface area contributed by atoms with Crippen LogP contribution >= 0.6 is 0 Å². The molecule has 2 amide bonds. The molecule has 62 heavy (non-hydrogen) atoms. The molecule has 0 fully saturated rings. The number of hydrogen-bond donors (Lipinski definition) is 3. The van der Waals surface area contributed by atoms with Gasteiger partial charge in [-0.25, -0.2) is 28.7 Å². The van der Waals surface area contributed by atoms with Crippen molar-refractivity contribution < 1.29 is 23.1 Å². The van der Waals surface area contributed by atoms with Gasteiger partial charge in [0.15, 0.2) is 11.3 Å². The number of fused-ring (bicyclic) bond motifs is 4.